The molecule has 0 spiro atoms. The molecule has 4 rings (SSSR count). The predicted octanol–water partition coefficient (Wildman–Crippen LogP) is 1.89. The second-order valence-corrected chi connectivity index (χ2v) is 8.18. The van der Waals surface area contributed by atoms with E-state index in [-0.39, 0.29) is 11.8 Å². The Hall–Kier alpha value is -2.32. The third-order valence-corrected chi connectivity index (χ3v) is 5.71. The first-order chi connectivity index (χ1) is 12.7. The van der Waals surface area contributed by atoms with E-state index in [4.69, 9.17) is 14.0 Å². The predicted molar refractivity (Wildman–Crippen MR) is 103 cm³/mol. The molecule has 0 aliphatic carbocycles. The maximum Gasteiger partial charge on any atom is 0.495 e. The third-order valence-electron chi connectivity index (χ3n) is 5.71. The summed E-state index contributed by atoms with van der Waals surface area (Å²) in [7, 11) is -0.506. The van der Waals surface area contributed by atoms with Crippen molar-refractivity contribution in [1.29, 1.82) is 0 Å². The van der Waals surface area contributed by atoms with Gasteiger partial charge in [-0.25, -0.2) is 4.98 Å². The van der Waals surface area contributed by atoms with Crippen LogP contribution in [0, 0.1) is 5.92 Å². The third kappa shape index (κ3) is 3.13. The van der Waals surface area contributed by atoms with Gasteiger partial charge in [0.2, 0.25) is 5.91 Å². The molecule has 2 N–H and O–H groups in total. The molecule has 2 aliphatic rings. The first-order valence-electron chi connectivity index (χ1n) is 9.12. The number of H-pyrrole nitrogens is 1. The van der Waals surface area contributed by atoms with Crippen LogP contribution < -0.4 is 15.5 Å². The second kappa shape index (κ2) is 6.10. The molecular weight excluding hydrogens is 345 g/mol. The summed E-state index contributed by atoms with van der Waals surface area (Å²) in [6, 6.07) is 3.83. The van der Waals surface area contributed by atoms with E-state index in [1.165, 1.54) is 0 Å². The minimum absolute atomic E-state index is 0.0145. The van der Waals surface area contributed by atoms with Crippen molar-refractivity contribution < 1.29 is 18.8 Å². The standard InChI is InChI=1S/C19H24BN3O4/c1-11(12-6-16(24)21-9-12)25-15-8-13(7-14-17(15)23-10-22-14)20-26-18(2,3)19(4,5)27-20/h7-8,10,12H,1,6,9H2,2-5H3,(H,21,24)(H,22,23)/t12-/m1/s1. The highest BCUT2D eigenvalue weighted by Crippen LogP contribution is 2.37. The zero-order valence-corrected chi connectivity index (χ0v) is 16.1. The second-order valence-electron chi connectivity index (χ2n) is 8.18. The molecule has 0 radical (unpaired) electrons. The van der Waals surface area contributed by atoms with Crippen molar-refractivity contribution in [3.63, 3.8) is 0 Å². The molecule has 1 amide bonds. The number of benzene rings is 1. The molecule has 2 aromatic rings. The molecule has 2 aliphatic heterocycles. The number of ether oxygens (including phenoxy) is 1. The van der Waals surface area contributed by atoms with E-state index in [0.717, 1.165) is 11.0 Å². The molecule has 1 aromatic heterocycles. The van der Waals surface area contributed by atoms with Crippen LogP contribution in [0.5, 0.6) is 5.75 Å². The Morgan fingerprint density at radius 3 is 2.63 bits per heavy atom. The smallest absolute Gasteiger partial charge is 0.460 e. The van der Waals surface area contributed by atoms with Crippen molar-refractivity contribution in [1.82, 2.24) is 15.3 Å². The van der Waals surface area contributed by atoms with Gasteiger partial charge < -0.3 is 24.3 Å². The van der Waals surface area contributed by atoms with E-state index >= 15 is 0 Å². The fourth-order valence-corrected chi connectivity index (χ4v) is 3.29. The first kappa shape index (κ1) is 18.1. The lowest BCUT2D eigenvalue weighted by Gasteiger charge is -2.32. The minimum atomic E-state index is -0.506. The topological polar surface area (TPSA) is 85.5 Å². The molecule has 27 heavy (non-hydrogen) atoms. The highest BCUT2D eigenvalue weighted by atomic mass is 16.7. The van der Waals surface area contributed by atoms with Gasteiger partial charge in [0.25, 0.3) is 0 Å². The summed E-state index contributed by atoms with van der Waals surface area (Å²) in [6.45, 7) is 12.6. The Kier molecular flexibility index (Phi) is 4.08. The fraction of sp³-hybridized carbons (Fsp3) is 0.474. The summed E-state index contributed by atoms with van der Waals surface area (Å²) < 4.78 is 18.4. The summed E-state index contributed by atoms with van der Waals surface area (Å²) in [5, 5.41) is 2.80. The number of aromatic amines is 1. The van der Waals surface area contributed by atoms with Crippen LogP contribution in [0.3, 0.4) is 0 Å². The summed E-state index contributed by atoms with van der Waals surface area (Å²) in [6.07, 6.45) is 2.01. The molecule has 2 fully saturated rings. The van der Waals surface area contributed by atoms with Gasteiger partial charge in [-0.1, -0.05) is 6.58 Å². The Labute approximate surface area is 158 Å². The number of carbonyl (C=O) groups is 1. The van der Waals surface area contributed by atoms with E-state index in [0.29, 0.717) is 30.0 Å². The summed E-state index contributed by atoms with van der Waals surface area (Å²) in [5.41, 5.74) is 1.51. The van der Waals surface area contributed by atoms with Gasteiger partial charge in [-0.05, 0) is 45.3 Å². The number of imidazole rings is 1. The van der Waals surface area contributed by atoms with E-state index in [9.17, 15) is 4.79 Å². The van der Waals surface area contributed by atoms with Crippen molar-refractivity contribution in [3.8, 4) is 5.75 Å². The maximum atomic E-state index is 11.5. The Bertz CT molecular complexity index is 905. The largest absolute Gasteiger partial charge is 0.495 e. The van der Waals surface area contributed by atoms with Gasteiger partial charge in [0.1, 0.15) is 11.3 Å². The number of nitrogens with zero attached hydrogens (tertiary/aromatic N) is 1. The van der Waals surface area contributed by atoms with Gasteiger partial charge in [0.05, 0.1) is 23.0 Å². The van der Waals surface area contributed by atoms with Gasteiger partial charge in [-0.15, -0.1) is 0 Å². The monoisotopic (exact) mass is 369 g/mol. The van der Waals surface area contributed by atoms with Crippen LogP contribution in [0.1, 0.15) is 34.1 Å². The number of aromatic nitrogens is 2. The van der Waals surface area contributed by atoms with E-state index in [2.05, 4.69) is 21.9 Å². The zero-order chi connectivity index (χ0) is 19.4. The molecule has 0 saturated carbocycles. The number of hydrogen-bond acceptors (Lipinski definition) is 5. The highest BCUT2D eigenvalue weighted by molar-refractivity contribution is 6.62. The van der Waals surface area contributed by atoms with Crippen molar-refractivity contribution in [2.75, 3.05) is 6.54 Å². The average Bonchev–Trinajstić information content (AvgIpc) is 3.26. The average molecular weight is 369 g/mol. The number of hydrogen-bond donors (Lipinski definition) is 2. The molecule has 142 valence electrons. The molecule has 1 atom stereocenters. The van der Waals surface area contributed by atoms with Crippen LogP contribution in [0.2, 0.25) is 0 Å². The Balaban J connectivity index is 1.65. The molecular formula is C19H24BN3O4. The minimum Gasteiger partial charge on any atom is -0.460 e. The van der Waals surface area contributed by atoms with Crippen molar-refractivity contribution in [2.24, 2.45) is 5.92 Å². The fourth-order valence-electron chi connectivity index (χ4n) is 3.29. The number of fused-ring (bicyclic) bond motifs is 1. The lowest BCUT2D eigenvalue weighted by Crippen LogP contribution is -2.41. The first-order valence-corrected chi connectivity index (χ1v) is 9.12. The molecule has 3 heterocycles. The summed E-state index contributed by atoms with van der Waals surface area (Å²) >= 11 is 0. The summed E-state index contributed by atoms with van der Waals surface area (Å²) in [4.78, 5) is 18.9. The highest BCUT2D eigenvalue weighted by Gasteiger charge is 2.52. The molecule has 1 aromatic carbocycles. The number of amides is 1. The number of rotatable bonds is 4. The van der Waals surface area contributed by atoms with Crippen molar-refractivity contribution in [2.45, 2.75) is 45.3 Å². The van der Waals surface area contributed by atoms with Crippen LogP contribution in [-0.2, 0) is 14.1 Å². The lowest BCUT2D eigenvalue weighted by atomic mass is 9.79. The van der Waals surface area contributed by atoms with Gasteiger partial charge >= 0.3 is 7.12 Å². The molecule has 0 bridgehead atoms. The lowest BCUT2D eigenvalue weighted by molar-refractivity contribution is -0.119. The molecule has 8 heteroatoms. The van der Waals surface area contributed by atoms with Crippen LogP contribution >= 0.6 is 0 Å². The normalized spacial score (nSPS) is 23.6. The van der Waals surface area contributed by atoms with Gasteiger partial charge in [0, 0.05) is 18.9 Å². The van der Waals surface area contributed by atoms with Gasteiger partial charge in [-0.2, -0.15) is 0 Å². The molecule has 0 unspecified atom stereocenters. The van der Waals surface area contributed by atoms with Crippen LogP contribution in [0.25, 0.3) is 11.0 Å². The maximum absolute atomic E-state index is 11.5. The number of nitrogens with one attached hydrogen (secondary N) is 2. The molecule has 2 saturated heterocycles. The zero-order valence-electron chi connectivity index (χ0n) is 16.1. The van der Waals surface area contributed by atoms with Crippen LogP contribution in [0.4, 0.5) is 0 Å². The van der Waals surface area contributed by atoms with Crippen LogP contribution in [-0.4, -0.2) is 40.7 Å². The van der Waals surface area contributed by atoms with Crippen molar-refractivity contribution >= 4 is 29.5 Å². The quantitative estimate of drug-likeness (QED) is 0.635. The van der Waals surface area contributed by atoms with Crippen LogP contribution in [0.15, 0.2) is 30.8 Å². The van der Waals surface area contributed by atoms with Crippen molar-refractivity contribution in [3.05, 3.63) is 30.8 Å². The van der Waals surface area contributed by atoms with Gasteiger partial charge in [-0.3, -0.25) is 4.79 Å². The van der Waals surface area contributed by atoms with E-state index in [1.54, 1.807) is 6.33 Å². The van der Waals surface area contributed by atoms with E-state index < -0.39 is 18.3 Å². The SMILES string of the molecule is C=C(Oc1cc(B2OC(C)(C)C(C)(C)O2)cc2[nH]cnc12)[C@H]1CNC(=O)C1. The van der Waals surface area contributed by atoms with E-state index in [1.807, 2.05) is 39.8 Å². The Morgan fingerprint density at radius 2 is 2.00 bits per heavy atom. The number of carbonyl (C=O) groups excluding carboxylic acids is 1. The Morgan fingerprint density at radius 1 is 1.30 bits per heavy atom. The molecule has 7 nitrogen and oxygen atoms in total. The summed E-state index contributed by atoms with van der Waals surface area (Å²) in [5.74, 6) is 1.08. The van der Waals surface area contributed by atoms with Gasteiger partial charge in [0.15, 0.2) is 5.75 Å².